The number of hydrogen-bond acceptors (Lipinski definition) is 2. The molecule has 1 saturated heterocycles. The SMILES string of the molecule is Cc1ccccc1[C@@H]1CNC(=O)[C@@H]1C(=O)O. The number of benzene rings is 1. The first-order valence-corrected chi connectivity index (χ1v) is 5.17. The zero-order chi connectivity index (χ0) is 11.7. The topological polar surface area (TPSA) is 66.4 Å². The highest BCUT2D eigenvalue weighted by Gasteiger charge is 2.41. The zero-order valence-corrected chi connectivity index (χ0v) is 8.93. The Morgan fingerprint density at radius 1 is 1.44 bits per heavy atom. The van der Waals surface area contributed by atoms with E-state index in [2.05, 4.69) is 5.32 Å². The van der Waals surface area contributed by atoms with Crippen LogP contribution in [-0.4, -0.2) is 23.5 Å². The second kappa shape index (κ2) is 3.96. The quantitative estimate of drug-likeness (QED) is 0.726. The second-order valence-corrected chi connectivity index (χ2v) is 4.02. The molecule has 1 fully saturated rings. The number of aliphatic carboxylic acids is 1. The van der Waals surface area contributed by atoms with Gasteiger partial charge in [-0.2, -0.15) is 0 Å². The van der Waals surface area contributed by atoms with Gasteiger partial charge in [-0.15, -0.1) is 0 Å². The summed E-state index contributed by atoms with van der Waals surface area (Å²) in [7, 11) is 0. The molecule has 0 bridgehead atoms. The lowest BCUT2D eigenvalue weighted by atomic mass is 9.86. The molecule has 2 N–H and O–H groups in total. The van der Waals surface area contributed by atoms with Gasteiger partial charge in [-0.05, 0) is 18.1 Å². The van der Waals surface area contributed by atoms with Gasteiger partial charge in [0.15, 0.2) is 0 Å². The lowest BCUT2D eigenvalue weighted by molar-refractivity contribution is -0.145. The first-order valence-electron chi connectivity index (χ1n) is 5.17. The Morgan fingerprint density at radius 3 is 2.75 bits per heavy atom. The number of rotatable bonds is 2. The molecule has 4 nitrogen and oxygen atoms in total. The number of carboxylic acid groups (broad SMARTS) is 1. The Bertz CT molecular complexity index is 442. The van der Waals surface area contributed by atoms with Gasteiger partial charge in [0, 0.05) is 12.5 Å². The summed E-state index contributed by atoms with van der Waals surface area (Å²) in [4.78, 5) is 22.5. The van der Waals surface area contributed by atoms with E-state index in [0.717, 1.165) is 11.1 Å². The summed E-state index contributed by atoms with van der Waals surface area (Å²) in [6.45, 7) is 2.33. The van der Waals surface area contributed by atoms with Crippen molar-refractivity contribution in [1.82, 2.24) is 5.32 Å². The van der Waals surface area contributed by atoms with Crippen LogP contribution in [0.25, 0.3) is 0 Å². The van der Waals surface area contributed by atoms with Crippen molar-refractivity contribution in [2.24, 2.45) is 5.92 Å². The predicted octanol–water partition coefficient (Wildman–Crippen LogP) is 0.909. The van der Waals surface area contributed by atoms with Crippen LogP contribution in [0, 0.1) is 12.8 Å². The minimum atomic E-state index is -1.05. The number of amides is 1. The molecule has 4 heteroatoms. The molecule has 0 aliphatic carbocycles. The average Bonchev–Trinajstić information content (AvgIpc) is 2.61. The molecule has 0 aromatic heterocycles. The minimum absolute atomic E-state index is 0.258. The maximum atomic E-state index is 11.4. The van der Waals surface area contributed by atoms with Crippen LogP contribution in [0.15, 0.2) is 24.3 Å². The number of carboxylic acids is 1. The fourth-order valence-electron chi connectivity index (χ4n) is 2.20. The van der Waals surface area contributed by atoms with Crippen molar-refractivity contribution >= 4 is 11.9 Å². The molecular formula is C12H13NO3. The zero-order valence-electron chi connectivity index (χ0n) is 8.93. The van der Waals surface area contributed by atoms with Crippen LogP contribution in [-0.2, 0) is 9.59 Å². The Hall–Kier alpha value is -1.84. The van der Waals surface area contributed by atoms with Gasteiger partial charge in [0.25, 0.3) is 0 Å². The van der Waals surface area contributed by atoms with Crippen molar-refractivity contribution in [2.75, 3.05) is 6.54 Å². The number of carbonyl (C=O) groups is 2. The van der Waals surface area contributed by atoms with Crippen LogP contribution in [0.1, 0.15) is 17.0 Å². The van der Waals surface area contributed by atoms with E-state index < -0.39 is 11.9 Å². The summed E-state index contributed by atoms with van der Waals surface area (Å²) in [5.41, 5.74) is 1.96. The van der Waals surface area contributed by atoms with Crippen LogP contribution < -0.4 is 5.32 Å². The number of hydrogen-bond donors (Lipinski definition) is 2. The van der Waals surface area contributed by atoms with Gasteiger partial charge in [0.05, 0.1) is 0 Å². The second-order valence-electron chi connectivity index (χ2n) is 4.02. The van der Waals surface area contributed by atoms with Crippen LogP contribution >= 0.6 is 0 Å². The van der Waals surface area contributed by atoms with Crippen LogP contribution in [0.5, 0.6) is 0 Å². The van der Waals surface area contributed by atoms with Crippen molar-refractivity contribution < 1.29 is 14.7 Å². The summed E-state index contributed by atoms with van der Waals surface area (Å²) in [5.74, 6) is -2.66. The maximum absolute atomic E-state index is 11.4. The summed E-state index contributed by atoms with van der Waals surface area (Å²) in [6.07, 6.45) is 0. The minimum Gasteiger partial charge on any atom is -0.481 e. The van der Waals surface area contributed by atoms with E-state index >= 15 is 0 Å². The molecule has 2 atom stereocenters. The Kier molecular flexibility index (Phi) is 2.64. The van der Waals surface area contributed by atoms with Crippen molar-refractivity contribution in [3.63, 3.8) is 0 Å². The van der Waals surface area contributed by atoms with E-state index in [1.54, 1.807) is 0 Å². The molecule has 1 amide bonds. The van der Waals surface area contributed by atoms with Gasteiger partial charge in [0.1, 0.15) is 5.92 Å². The molecule has 0 spiro atoms. The summed E-state index contributed by atoms with van der Waals surface area (Å²) in [5, 5.41) is 11.7. The van der Waals surface area contributed by atoms with E-state index in [0.29, 0.717) is 6.54 Å². The summed E-state index contributed by atoms with van der Waals surface area (Å²) in [6, 6.07) is 7.58. The number of aryl methyl sites for hydroxylation is 1. The van der Waals surface area contributed by atoms with E-state index in [9.17, 15) is 9.59 Å². The summed E-state index contributed by atoms with van der Waals surface area (Å²) >= 11 is 0. The molecule has 1 aliphatic heterocycles. The molecule has 2 rings (SSSR count). The van der Waals surface area contributed by atoms with Crippen molar-refractivity contribution in [3.8, 4) is 0 Å². The van der Waals surface area contributed by atoms with Gasteiger partial charge in [0.2, 0.25) is 5.91 Å². The van der Waals surface area contributed by atoms with Crippen molar-refractivity contribution in [2.45, 2.75) is 12.8 Å². The highest BCUT2D eigenvalue weighted by atomic mass is 16.4. The Morgan fingerprint density at radius 2 is 2.12 bits per heavy atom. The normalized spacial score (nSPS) is 24.2. The van der Waals surface area contributed by atoms with Gasteiger partial charge in [-0.3, -0.25) is 9.59 Å². The maximum Gasteiger partial charge on any atom is 0.316 e. The largest absolute Gasteiger partial charge is 0.481 e. The van der Waals surface area contributed by atoms with Crippen LogP contribution in [0.4, 0.5) is 0 Å². The molecule has 0 saturated carbocycles. The molecule has 1 aliphatic rings. The molecular weight excluding hydrogens is 206 g/mol. The van der Waals surface area contributed by atoms with Crippen LogP contribution in [0.2, 0.25) is 0 Å². The molecule has 0 radical (unpaired) electrons. The van der Waals surface area contributed by atoms with Crippen LogP contribution in [0.3, 0.4) is 0 Å². The van der Waals surface area contributed by atoms with E-state index in [-0.39, 0.29) is 11.8 Å². The third-order valence-electron chi connectivity index (χ3n) is 3.04. The van der Waals surface area contributed by atoms with Crippen molar-refractivity contribution in [1.29, 1.82) is 0 Å². The number of carbonyl (C=O) groups excluding carboxylic acids is 1. The average molecular weight is 219 g/mol. The van der Waals surface area contributed by atoms with Gasteiger partial charge in [-0.25, -0.2) is 0 Å². The van der Waals surface area contributed by atoms with Gasteiger partial charge >= 0.3 is 5.97 Å². The van der Waals surface area contributed by atoms with E-state index in [1.165, 1.54) is 0 Å². The predicted molar refractivity (Wildman–Crippen MR) is 58.1 cm³/mol. The first kappa shape index (κ1) is 10.7. The molecule has 84 valence electrons. The smallest absolute Gasteiger partial charge is 0.316 e. The molecule has 1 heterocycles. The molecule has 0 unspecified atom stereocenters. The lowest BCUT2D eigenvalue weighted by Gasteiger charge is -2.15. The molecule has 1 aromatic rings. The lowest BCUT2D eigenvalue weighted by Crippen LogP contribution is -2.26. The van der Waals surface area contributed by atoms with E-state index in [4.69, 9.17) is 5.11 Å². The standard InChI is InChI=1S/C12H13NO3/c1-7-4-2-3-5-8(7)9-6-13-11(14)10(9)12(15)16/h2-5,9-10H,6H2,1H3,(H,13,14)(H,15,16)/t9-,10+/m0/s1. The fraction of sp³-hybridized carbons (Fsp3) is 0.333. The highest BCUT2D eigenvalue weighted by molar-refractivity contribution is 5.99. The highest BCUT2D eigenvalue weighted by Crippen LogP contribution is 2.30. The molecule has 16 heavy (non-hydrogen) atoms. The monoisotopic (exact) mass is 219 g/mol. The third-order valence-corrected chi connectivity index (χ3v) is 3.04. The van der Waals surface area contributed by atoms with Gasteiger partial charge in [-0.1, -0.05) is 24.3 Å². The summed E-state index contributed by atoms with van der Waals surface area (Å²) < 4.78 is 0. The Labute approximate surface area is 93.3 Å². The van der Waals surface area contributed by atoms with Crippen molar-refractivity contribution in [3.05, 3.63) is 35.4 Å². The van der Waals surface area contributed by atoms with E-state index in [1.807, 2.05) is 31.2 Å². The third kappa shape index (κ3) is 1.66. The van der Waals surface area contributed by atoms with Gasteiger partial charge < -0.3 is 10.4 Å². The Balaban J connectivity index is 2.38. The first-order chi connectivity index (χ1) is 7.61. The molecule has 1 aromatic carbocycles. The fourth-order valence-corrected chi connectivity index (χ4v) is 2.20. The number of nitrogens with one attached hydrogen (secondary N) is 1.